The molecule has 1 amide bonds. The van der Waals surface area contributed by atoms with Crippen LogP contribution in [0.25, 0.3) is 11.4 Å². The largest absolute Gasteiger partial charge is 0.378 e. The van der Waals surface area contributed by atoms with Gasteiger partial charge in [0.2, 0.25) is 0 Å². The summed E-state index contributed by atoms with van der Waals surface area (Å²) < 4.78 is 0. The summed E-state index contributed by atoms with van der Waals surface area (Å²) in [6, 6.07) is 14.8. The first-order valence-corrected chi connectivity index (χ1v) is 9.78. The van der Waals surface area contributed by atoms with Gasteiger partial charge in [0.05, 0.1) is 6.54 Å². The standard InChI is InChI=1S/C22H22N8O/c1-23-19-11-15(5-10-25-19)13-27-22(31)17-3-2-4-18(12-17)26-14-20-28-21(30-29-20)16-6-8-24-9-7-16/h2-12,26H,13-14H2,1H3,(H,23,25)(H,27,31)(H,28,29,30). The number of aromatic amines is 1. The molecule has 0 fully saturated rings. The molecule has 4 rings (SSSR count). The van der Waals surface area contributed by atoms with E-state index >= 15 is 0 Å². The van der Waals surface area contributed by atoms with Crippen molar-refractivity contribution in [2.45, 2.75) is 13.1 Å². The van der Waals surface area contributed by atoms with E-state index in [-0.39, 0.29) is 5.91 Å². The van der Waals surface area contributed by atoms with Gasteiger partial charge in [0.1, 0.15) is 11.6 Å². The van der Waals surface area contributed by atoms with Crippen LogP contribution in [0.2, 0.25) is 0 Å². The third kappa shape index (κ3) is 5.21. The summed E-state index contributed by atoms with van der Waals surface area (Å²) in [6.07, 6.45) is 5.12. The Morgan fingerprint density at radius 2 is 1.90 bits per heavy atom. The minimum Gasteiger partial charge on any atom is -0.378 e. The summed E-state index contributed by atoms with van der Waals surface area (Å²) in [5, 5.41) is 16.3. The van der Waals surface area contributed by atoms with Gasteiger partial charge in [0, 0.05) is 49.0 Å². The number of aromatic nitrogens is 5. The van der Waals surface area contributed by atoms with Gasteiger partial charge in [0.15, 0.2) is 5.82 Å². The first-order valence-electron chi connectivity index (χ1n) is 9.78. The molecule has 0 saturated carbocycles. The highest BCUT2D eigenvalue weighted by Gasteiger charge is 2.08. The topological polar surface area (TPSA) is 121 Å². The monoisotopic (exact) mass is 414 g/mol. The second kappa shape index (κ2) is 9.49. The van der Waals surface area contributed by atoms with Crippen LogP contribution in [-0.2, 0) is 13.1 Å². The molecule has 156 valence electrons. The quantitative estimate of drug-likeness (QED) is 0.350. The van der Waals surface area contributed by atoms with Crippen molar-refractivity contribution in [3.63, 3.8) is 0 Å². The Bertz CT molecular complexity index is 1160. The number of benzene rings is 1. The summed E-state index contributed by atoms with van der Waals surface area (Å²) in [7, 11) is 1.81. The molecule has 3 heterocycles. The summed E-state index contributed by atoms with van der Waals surface area (Å²) in [6.45, 7) is 0.872. The Hall–Kier alpha value is -4.27. The average Bonchev–Trinajstić information content (AvgIpc) is 3.31. The first kappa shape index (κ1) is 20.0. The lowest BCUT2D eigenvalue weighted by Crippen LogP contribution is -2.23. The number of hydrogen-bond donors (Lipinski definition) is 4. The van der Waals surface area contributed by atoms with E-state index in [1.807, 2.05) is 43.4 Å². The third-order valence-electron chi connectivity index (χ3n) is 4.59. The van der Waals surface area contributed by atoms with Crippen LogP contribution in [0.3, 0.4) is 0 Å². The van der Waals surface area contributed by atoms with Crippen LogP contribution in [0.15, 0.2) is 67.1 Å². The highest BCUT2D eigenvalue weighted by molar-refractivity contribution is 5.95. The van der Waals surface area contributed by atoms with Crippen molar-refractivity contribution in [1.82, 2.24) is 30.5 Å². The molecule has 0 unspecified atom stereocenters. The highest BCUT2D eigenvalue weighted by Crippen LogP contribution is 2.15. The van der Waals surface area contributed by atoms with E-state index in [0.29, 0.717) is 30.3 Å². The molecule has 0 radical (unpaired) electrons. The van der Waals surface area contributed by atoms with Gasteiger partial charge in [0.25, 0.3) is 5.91 Å². The van der Waals surface area contributed by atoms with Gasteiger partial charge >= 0.3 is 0 Å². The number of H-pyrrole nitrogens is 1. The summed E-state index contributed by atoms with van der Waals surface area (Å²) in [5.74, 6) is 1.92. The van der Waals surface area contributed by atoms with Gasteiger partial charge in [-0.15, -0.1) is 0 Å². The number of amides is 1. The number of hydrogen-bond acceptors (Lipinski definition) is 7. The van der Waals surface area contributed by atoms with E-state index in [9.17, 15) is 4.79 Å². The second-order valence-corrected chi connectivity index (χ2v) is 6.76. The van der Waals surface area contributed by atoms with Gasteiger partial charge in [-0.25, -0.2) is 9.97 Å². The van der Waals surface area contributed by atoms with Crippen LogP contribution in [0, 0.1) is 0 Å². The molecule has 9 nitrogen and oxygen atoms in total. The van der Waals surface area contributed by atoms with Crippen LogP contribution in [0.5, 0.6) is 0 Å². The van der Waals surface area contributed by atoms with Gasteiger partial charge in [-0.2, -0.15) is 5.10 Å². The molecular formula is C22H22N8O. The minimum atomic E-state index is -0.147. The van der Waals surface area contributed by atoms with Crippen LogP contribution in [0.1, 0.15) is 21.7 Å². The lowest BCUT2D eigenvalue weighted by atomic mass is 10.1. The molecule has 4 aromatic rings. The molecule has 0 aliphatic carbocycles. The van der Waals surface area contributed by atoms with Gasteiger partial charge < -0.3 is 16.0 Å². The molecule has 0 bridgehead atoms. The fraction of sp³-hybridized carbons (Fsp3) is 0.136. The molecule has 1 aromatic carbocycles. The second-order valence-electron chi connectivity index (χ2n) is 6.76. The molecule has 31 heavy (non-hydrogen) atoms. The van der Waals surface area contributed by atoms with Crippen molar-refractivity contribution < 1.29 is 4.79 Å². The lowest BCUT2D eigenvalue weighted by Gasteiger charge is -2.09. The molecular weight excluding hydrogens is 392 g/mol. The number of anilines is 2. The SMILES string of the molecule is CNc1cc(CNC(=O)c2cccc(NCc3nc(-c4ccncc4)n[nH]3)c2)ccn1. The van der Waals surface area contributed by atoms with Crippen LogP contribution >= 0.6 is 0 Å². The zero-order valence-electron chi connectivity index (χ0n) is 17.0. The predicted molar refractivity (Wildman–Crippen MR) is 118 cm³/mol. The lowest BCUT2D eigenvalue weighted by molar-refractivity contribution is 0.0951. The Labute approximate surface area is 179 Å². The van der Waals surface area contributed by atoms with E-state index in [1.54, 1.807) is 30.7 Å². The van der Waals surface area contributed by atoms with Crippen molar-refractivity contribution in [2.24, 2.45) is 0 Å². The van der Waals surface area contributed by atoms with E-state index in [2.05, 4.69) is 41.1 Å². The van der Waals surface area contributed by atoms with Gasteiger partial charge in [-0.05, 0) is 48.0 Å². The summed E-state index contributed by atoms with van der Waals surface area (Å²) >= 11 is 0. The molecule has 0 spiro atoms. The highest BCUT2D eigenvalue weighted by atomic mass is 16.1. The average molecular weight is 414 g/mol. The minimum absolute atomic E-state index is 0.147. The maximum atomic E-state index is 12.6. The summed E-state index contributed by atoms with van der Waals surface area (Å²) in [5.41, 5.74) is 3.25. The molecule has 0 aliphatic rings. The maximum absolute atomic E-state index is 12.6. The first-order chi connectivity index (χ1) is 15.2. The summed E-state index contributed by atoms with van der Waals surface area (Å²) in [4.78, 5) is 25.2. The van der Waals surface area contributed by atoms with Crippen molar-refractivity contribution in [3.8, 4) is 11.4 Å². The molecule has 0 saturated heterocycles. The number of pyridine rings is 2. The normalized spacial score (nSPS) is 10.5. The van der Waals surface area contributed by atoms with Crippen LogP contribution < -0.4 is 16.0 Å². The Morgan fingerprint density at radius 1 is 1.03 bits per heavy atom. The van der Waals surface area contributed by atoms with Crippen LogP contribution in [-0.4, -0.2) is 38.1 Å². The number of nitrogens with one attached hydrogen (secondary N) is 4. The van der Waals surface area contributed by atoms with Crippen molar-refractivity contribution >= 4 is 17.4 Å². The number of carbonyl (C=O) groups excluding carboxylic acids is 1. The van der Waals surface area contributed by atoms with E-state index in [0.717, 1.165) is 22.6 Å². The fourth-order valence-electron chi connectivity index (χ4n) is 2.97. The van der Waals surface area contributed by atoms with Crippen molar-refractivity contribution in [1.29, 1.82) is 0 Å². The maximum Gasteiger partial charge on any atom is 0.251 e. The molecule has 9 heteroatoms. The third-order valence-corrected chi connectivity index (χ3v) is 4.59. The predicted octanol–water partition coefficient (Wildman–Crippen LogP) is 2.85. The van der Waals surface area contributed by atoms with Crippen molar-refractivity contribution in [3.05, 3.63) is 84.1 Å². The van der Waals surface area contributed by atoms with Crippen LogP contribution in [0.4, 0.5) is 11.5 Å². The molecule has 0 atom stereocenters. The van der Waals surface area contributed by atoms with E-state index in [1.165, 1.54) is 0 Å². The van der Waals surface area contributed by atoms with E-state index in [4.69, 9.17) is 0 Å². The Kier molecular flexibility index (Phi) is 6.13. The zero-order valence-corrected chi connectivity index (χ0v) is 17.0. The zero-order chi connectivity index (χ0) is 21.5. The van der Waals surface area contributed by atoms with E-state index < -0.39 is 0 Å². The van der Waals surface area contributed by atoms with Gasteiger partial charge in [-0.3, -0.25) is 14.9 Å². The number of nitrogens with zero attached hydrogens (tertiary/aromatic N) is 4. The van der Waals surface area contributed by atoms with Gasteiger partial charge in [-0.1, -0.05) is 6.07 Å². The smallest absolute Gasteiger partial charge is 0.251 e. The number of carbonyl (C=O) groups is 1. The molecule has 3 aromatic heterocycles. The van der Waals surface area contributed by atoms with Crippen molar-refractivity contribution in [2.75, 3.05) is 17.7 Å². The fourth-order valence-corrected chi connectivity index (χ4v) is 2.97. The number of rotatable bonds is 8. The molecule has 0 aliphatic heterocycles. The Balaban J connectivity index is 1.35. The molecule has 4 N–H and O–H groups in total. The Morgan fingerprint density at radius 3 is 2.74 bits per heavy atom.